The number of amides is 2. The van der Waals surface area contributed by atoms with Crippen LogP contribution in [0.5, 0.6) is 0 Å². The Morgan fingerprint density at radius 2 is 1.75 bits per heavy atom. The van der Waals surface area contributed by atoms with Crippen LogP contribution >= 0.6 is 23.4 Å². The summed E-state index contributed by atoms with van der Waals surface area (Å²) in [4.78, 5) is 32.0. The minimum Gasteiger partial charge on any atom is -0.325 e. The molecule has 126 valence electrons. The van der Waals surface area contributed by atoms with E-state index in [1.807, 2.05) is 19.9 Å². The molecule has 0 radical (unpaired) electrons. The predicted molar refractivity (Wildman–Crippen MR) is 96.6 cm³/mol. The van der Waals surface area contributed by atoms with Gasteiger partial charge in [0.25, 0.3) is 0 Å². The van der Waals surface area contributed by atoms with E-state index in [2.05, 4.69) is 20.6 Å². The van der Waals surface area contributed by atoms with Crippen LogP contribution in [0.4, 0.5) is 11.4 Å². The van der Waals surface area contributed by atoms with Crippen LogP contribution in [0.1, 0.15) is 18.3 Å². The summed E-state index contributed by atoms with van der Waals surface area (Å²) < 4.78 is 0. The molecule has 2 aromatic rings. The lowest BCUT2D eigenvalue weighted by atomic mass is 10.2. The molecule has 0 fully saturated rings. The number of carbonyl (C=O) groups is 2. The van der Waals surface area contributed by atoms with E-state index >= 15 is 0 Å². The van der Waals surface area contributed by atoms with Crippen molar-refractivity contribution >= 4 is 46.6 Å². The summed E-state index contributed by atoms with van der Waals surface area (Å²) in [6.45, 7) is 5.16. The molecule has 1 aromatic carbocycles. The van der Waals surface area contributed by atoms with E-state index in [0.29, 0.717) is 21.6 Å². The number of nitrogens with zero attached hydrogens (tertiary/aromatic N) is 2. The van der Waals surface area contributed by atoms with E-state index in [-0.39, 0.29) is 17.6 Å². The Morgan fingerprint density at radius 1 is 1.08 bits per heavy atom. The van der Waals surface area contributed by atoms with Gasteiger partial charge in [-0.1, -0.05) is 23.4 Å². The Bertz CT molecular complexity index is 762. The van der Waals surface area contributed by atoms with Crippen LogP contribution in [-0.4, -0.2) is 27.5 Å². The molecule has 0 saturated heterocycles. The van der Waals surface area contributed by atoms with Crippen molar-refractivity contribution in [3.63, 3.8) is 0 Å². The van der Waals surface area contributed by atoms with E-state index in [1.165, 1.54) is 18.7 Å². The summed E-state index contributed by atoms with van der Waals surface area (Å²) in [6.07, 6.45) is 0. The molecule has 0 bridgehead atoms. The molecule has 8 heteroatoms. The van der Waals surface area contributed by atoms with Gasteiger partial charge in [0.1, 0.15) is 0 Å². The standard InChI is InChI=1S/C16H17ClN4O2S/c1-9-6-10(2)19-16(18-9)24-8-15(23)21-14-7-12(17)4-5-13(14)20-11(3)22/h4-7H,8H2,1-3H3,(H,20,22)(H,21,23). The van der Waals surface area contributed by atoms with Gasteiger partial charge >= 0.3 is 0 Å². The molecular formula is C16H17ClN4O2S. The first-order valence-electron chi connectivity index (χ1n) is 7.15. The highest BCUT2D eigenvalue weighted by Gasteiger charge is 2.11. The molecule has 0 spiro atoms. The van der Waals surface area contributed by atoms with Crippen LogP contribution in [0.15, 0.2) is 29.4 Å². The highest BCUT2D eigenvalue weighted by molar-refractivity contribution is 7.99. The second kappa shape index (κ2) is 8.12. The number of halogens is 1. The molecular weight excluding hydrogens is 348 g/mol. The van der Waals surface area contributed by atoms with E-state index in [0.717, 1.165) is 11.4 Å². The molecule has 2 N–H and O–H groups in total. The Morgan fingerprint density at radius 3 is 2.38 bits per heavy atom. The summed E-state index contributed by atoms with van der Waals surface area (Å²) in [7, 11) is 0. The molecule has 24 heavy (non-hydrogen) atoms. The molecule has 1 heterocycles. The Kier molecular flexibility index (Phi) is 6.16. The maximum absolute atomic E-state index is 12.2. The van der Waals surface area contributed by atoms with Gasteiger partial charge < -0.3 is 10.6 Å². The van der Waals surface area contributed by atoms with Gasteiger partial charge in [-0.3, -0.25) is 9.59 Å². The first kappa shape index (κ1) is 18.2. The quantitative estimate of drug-likeness (QED) is 0.627. The Hall–Kier alpha value is -2.12. The topological polar surface area (TPSA) is 84.0 Å². The lowest BCUT2D eigenvalue weighted by Crippen LogP contribution is -2.17. The molecule has 1 aromatic heterocycles. The Labute approximate surface area is 149 Å². The molecule has 6 nitrogen and oxygen atoms in total. The summed E-state index contributed by atoms with van der Waals surface area (Å²) in [6, 6.07) is 6.73. The molecule has 0 atom stereocenters. The van der Waals surface area contributed by atoms with Gasteiger partial charge in [-0.05, 0) is 38.1 Å². The number of aryl methyl sites for hydroxylation is 2. The number of thioether (sulfide) groups is 1. The van der Waals surface area contributed by atoms with Crippen LogP contribution in [-0.2, 0) is 9.59 Å². The lowest BCUT2D eigenvalue weighted by molar-refractivity contribution is -0.115. The molecule has 0 aliphatic carbocycles. The van der Waals surface area contributed by atoms with Crippen LogP contribution < -0.4 is 10.6 Å². The highest BCUT2D eigenvalue weighted by atomic mass is 35.5. The zero-order valence-corrected chi connectivity index (χ0v) is 15.1. The predicted octanol–water partition coefficient (Wildman–Crippen LogP) is 3.44. The number of hydrogen-bond donors (Lipinski definition) is 2. The number of benzene rings is 1. The minimum absolute atomic E-state index is 0.148. The van der Waals surface area contributed by atoms with Crippen LogP contribution in [0.2, 0.25) is 5.02 Å². The fourth-order valence-electron chi connectivity index (χ4n) is 1.99. The lowest BCUT2D eigenvalue weighted by Gasteiger charge is -2.11. The van der Waals surface area contributed by atoms with Crippen molar-refractivity contribution in [3.8, 4) is 0 Å². The van der Waals surface area contributed by atoms with E-state index in [1.54, 1.807) is 18.2 Å². The highest BCUT2D eigenvalue weighted by Crippen LogP contribution is 2.26. The molecule has 0 unspecified atom stereocenters. The van der Waals surface area contributed by atoms with Crippen LogP contribution in [0, 0.1) is 13.8 Å². The van der Waals surface area contributed by atoms with Crippen LogP contribution in [0.25, 0.3) is 0 Å². The smallest absolute Gasteiger partial charge is 0.234 e. The number of hydrogen-bond acceptors (Lipinski definition) is 5. The maximum Gasteiger partial charge on any atom is 0.234 e. The number of anilines is 2. The van der Waals surface area contributed by atoms with Crippen molar-refractivity contribution in [2.45, 2.75) is 25.9 Å². The average Bonchev–Trinajstić information content (AvgIpc) is 2.47. The fourth-order valence-corrected chi connectivity index (χ4v) is 2.91. The van der Waals surface area contributed by atoms with Gasteiger partial charge in [0.05, 0.1) is 17.1 Å². The molecule has 2 amide bonds. The third-order valence-electron chi connectivity index (χ3n) is 2.86. The van der Waals surface area contributed by atoms with Gasteiger partial charge in [-0.15, -0.1) is 0 Å². The second-order valence-electron chi connectivity index (χ2n) is 5.14. The third-order valence-corrected chi connectivity index (χ3v) is 3.94. The van der Waals surface area contributed by atoms with Gasteiger partial charge in [-0.25, -0.2) is 9.97 Å². The van der Waals surface area contributed by atoms with E-state index in [4.69, 9.17) is 11.6 Å². The summed E-state index contributed by atoms with van der Waals surface area (Å²) in [5.74, 6) is -0.322. The summed E-state index contributed by atoms with van der Waals surface area (Å²) in [5.41, 5.74) is 2.65. The molecule has 0 aliphatic heterocycles. The minimum atomic E-state index is -0.239. The largest absolute Gasteiger partial charge is 0.325 e. The first-order valence-corrected chi connectivity index (χ1v) is 8.52. The summed E-state index contributed by atoms with van der Waals surface area (Å²) in [5, 5.41) is 6.41. The second-order valence-corrected chi connectivity index (χ2v) is 6.52. The normalized spacial score (nSPS) is 10.3. The van der Waals surface area contributed by atoms with Gasteiger partial charge in [0.2, 0.25) is 11.8 Å². The molecule has 2 rings (SSSR count). The zero-order valence-electron chi connectivity index (χ0n) is 13.5. The first-order chi connectivity index (χ1) is 11.3. The van der Waals surface area contributed by atoms with Crippen molar-refractivity contribution in [2.24, 2.45) is 0 Å². The van der Waals surface area contributed by atoms with Crippen molar-refractivity contribution in [3.05, 3.63) is 40.7 Å². The van der Waals surface area contributed by atoms with Crippen molar-refractivity contribution in [2.75, 3.05) is 16.4 Å². The maximum atomic E-state index is 12.2. The van der Waals surface area contributed by atoms with Crippen molar-refractivity contribution in [1.82, 2.24) is 9.97 Å². The average molecular weight is 365 g/mol. The van der Waals surface area contributed by atoms with Crippen LogP contribution in [0.3, 0.4) is 0 Å². The van der Waals surface area contributed by atoms with E-state index in [9.17, 15) is 9.59 Å². The third kappa shape index (κ3) is 5.50. The number of rotatable bonds is 5. The number of nitrogens with one attached hydrogen (secondary N) is 2. The number of aromatic nitrogens is 2. The molecule has 0 saturated carbocycles. The number of carbonyl (C=O) groups excluding carboxylic acids is 2. The van der Waals surface area contributed by atoms with Gasteiger partial charge in [0.15, 0.2) is 5.16 Å². The Balaban J connectivity index is 2.04. The van der Waals surface area contributed by atoms with Crippen molar-refractivity contribution < 1.29 is 9.59 Å². The van der Waals surface area contributed by atoms with Gasteiger partial charge in [0, 0.05) is 23.3 Å². The van der Waals surface area contributed by atoms with Crippen molar-refractivity contribution in [1.29, 1.82) is 0 Å². The SMILES string of the molecule is CC(=O)Nc1ccc(Cl)cc1NC(=O)CSc1nc(C)cc(C)n1. The molecule has 0 aliphatic rings. The van der Waals surface area contributed by atoms with Gasteiger partial charge in [-0.2, -0.15) is 0 Å². The monoisotopic (exact) mass is 364 g/mol. The summed E-state index contributed by atoms with van der Waals surface area (Å²) >= 11 is 7.20. The fraction of sp³-hybridized carbons (Fsp3) is 0.250. The zero-order chi connectivity index (χ0) is 17.7. The van der Waals surface area contributed by atoms with E-state index < -0.39 is 0 Å².